The number of nitrogens with one attached hydrogen (secondary N) is 2. The second-order valence-electron chi connectivity index (χ2n) is 5.59. The Hall–Kier alpha value is -1.98. The summed E-state index contributed by atoms with van der Waals surface area (Å²) in [7, 11) is 1.69. The zero-order valence-electron chi connectivity index (χ0n) is 13.2. The molecule has 1 rings (SSSR count). The molecule has 0 aliphatic rings. The minimum atomic E-state index is -0.444. The Morgan fingerprint density at radius 1 is 1.33 bits per heavy atom. The van der Waals surface area contributed by atoms with Crippen molar-refractivity contribution in [1.82, 2.24) is 10.6 Å². The smallest absolute Gasteiger partial charge is 0.308 e. The standard InChI is InChI=1S/C15H25N3O3/c1-15(2,3)21-13(19)8-10-18-14(16-4)17-9-7-12-6-5-11-20-12/h5-6,11H,7-10H2,1-4H3,(H2,16,17,18). The van der Waals surface area contributed by atoms with Gasteiger partial charge in [-0.15, -0.1) is 0 Å². The zero-order valence-corrected chi connectivity index (χ0v) is 13.2. The lowest BCUT2D eigenvalue weighted by molar-refractivity contribution is -0.154. The third-order valence-corrected chi connectivity index (χ3v) is 2.51. The largest absolute Gasteiger partial charge is 0.469 e. The SMILES string of the molecule is CN=C(NCCC(=O)OC(C)(C)C)NCCc1ccco1. The molecule has 1 heterocycles. The minimum absolute atomic E-state index is 0.221. The lowest BCUT2D eigenvalue weighted by Gasteiger charge is -2.19. The maximum Gasteiger partial charge on any atom is 0.308 e. The first-order chi connectivity index (χ1) is 9.90. The van der Waals surface area contributed by atoms with Crippen LogP contribution in [-0.2, 0) is 16.0 Å². The lowest BCUT2D eigenvalue weighted by Crippen LogP contribution is -2.39. The van der Waals surface area contributed by atoms with Crippen molar-refractivity contribution >= 4 is 11.9 Å². The van der Waals surface area contributed by atoms with Gasteiger partial charge in [0.1, 0.15) is 11.4 Å². The summed E-state index contributed by atoms with van der Waals surface area (Å²) in [5, 5.41) is 6.23. The molecule has 6 nitrogen and oxygen atoms in total. The van der Waals surface area contributed by atoms with Gasteiger partial charge in [-0.3, -0.25) is 9.79 Å². The summed E-state index contributed by atoms with van der Waals surface area (Å²) in [5.41, 5.74) is -0.444. The maximum absolute atomic E-state index is 11.6. The van der Waals surface area contributed by atoms with Crippen LogP contribution in [0.4, 0.5) is 0 Å². The van der Waals surface area contributed by atoms with Crippen LogP contribution in [0.3, 0.4) is 0 Å². The van der Waals surface area contributed by atoms with Crippen LogP contribution in [0.15, 0.2) is 27.8 Å². The Bertz CT molecular complexity index is 447. The molecule has 21 heavy (non-hydrogen) atoms. The van der Waals surface area contributed by atoms with Crippen molar-refractivity contribution in [3.8, 4) is 0 Å². The molecule has 0 bridgehead atoms. The van der Waals surface area contributed by atoms with Gasteiger partial charge in [0.25, 0.3) is 0 Å². The van der Waals surface area contributed by atoms with Crippen LogP contribution in [0.25, 0.3) is 0 Å². The number of carbonyl (C=O) groups is 1. The highest BCUT2D eigenvalue weighted by molar-refractivity contribution is 5.80. The van der Waals surface area contributed by atoms with E-state index in [4.69, 9.17) is 9.15 Å². The second kappa shape index (κ2) is 8.34. The fourth-order valence-corrected chi connectivity index (χ4v) is 1.66. The number of aliphatic imine (C=N–C) groups is 1. The zero-order chi connectivity index (χ0) is 15.7. The average Bonchev–Trinajstić information content (AvgIpc) is 2.88. The average molecular weight is 295 g/mol. The summed E-state index contributed by atoms with van der Waals surface area (Å²) >= 11 is 0. The molecule has 2 N–H and O–H groups in total. The highest BCUT2D eigenvalue weighted by atomic mass is 16.6. The van der Waals surface area contributed by atoms with Gasteiger partial charge in [-0.1, -0.05) is 0 Å². The third-order valence-electron chi connectivity index (χ3n) is 2.51. The van der Waals surface area contributed by atoms with Crippen molar-refractivity contribution in [2.45, 2.75) is 39.2 Å². The lowest BCUT2D eigenvalue weighted by atomic mass is 10.2. The number of rotatable bonds is 6. The monoisotopic (exact) mass is 295 g/mol. The van der Waals surface area contributed by atoms with Crippen molar-refractivity contribution in [3.05, 3.63) is 24.2 Å². The number of hydrogen-bond donors (Lipinski definition) is 2. The maximum atomic E-state index is 11.6. The van der Waals surface area contributed by atoms with E-state index in [1.807, 2.05) is 32.9 Å². The van der Waals surface area contributed by atoms with Gasteiger partial charge in [-0.2, -0.15) is 0 Å². The molecule has 6 heteroatoms. The highest BCUT2D eigenvalue weighted by Gasteiger charge is 2.15. The second-order valence-corrected chi connectivity index (χ2v) is 5.59. The van der Waals surface area contributed by atoms with Crippen LogP contribution in [0.1, 0.15) is 33.0 Å². The molecule has 0 spiro atoms. The normalized spacial score (nSPS) is 12.1. The van der Waals surface area contributed by atoms with Crippen molar-refractivity contribution < 1.29 is 13.9 Å². The minimum Gasteiger partial charge on any atom is -0.469 e. The van der Waals surface area contributed by atoms with Gasteiger partial charge in [0.05, 0.1) is 12.7 Å². The van der Waals surface area contributed by atoms with Crippen molar-refractivity contribution in [1.29, 1.82) is 0 Å². The van der Waals surface area contributed by atoms with Crippen LogP contribution in [0.2, 0.25) is 0 Å². The van der Waals surface area contributed by atoms with Gasteiger partial charge in [0.15, 0.2) is 5.96 Å². The predicted octanol–water partition coefficient (Wildman–Crippen LogP) is 1.72. The number of ether oxygens (including phenoxy) is 1. The number of esters is 1. The van der Waals surface area contributed by atoms with Gasteiger partial charge in [0, 0.05) is 26.6 Å². The fraction of sp³-hybridized carbons (Fsp3) is 0.600. The van der Waals surface area contributed by atoms with Gasteiger partial charge >= 0.3 is 5.97 Å². The topological polar surface area (TPSA) is 75.9 Å². The first-order valence-electron chi connectivity index (χ1n) is 7.09. The van der Waals surface area contributed by atoms with Crippen LogP contribution < -0.4 is 10.6 Å². The van der Waals surface area contributed by atoms with Crippen LogP contribution >= 0.6 is 0 Å². The van der Waals surface area contributed by atoms with E-state index in [-0.39, 0.29) is 5.97 Å². The Morgan fingerprint density at radius 2 is 2.05 bits per heavy atom. The summed E-state index contributed by atoms with van der Waals surface area (Å²) in [5.74, 6) is 1.36. The van der Waals surface area contributed by atoms with E-state index in [0.717, 1.165) is 12.2 Å². The quantitative estimate of drug-likeness (QED) is 0.475. The van der Waals surface area contributed by atoms with Gasteiger partial charge < -0.3 is 19.8 Å². The molecule has 1 aromatic heterocycles. The van der Waals surface area contributed by atoms with Crippen LogP contribution in [-0.4, -0.2) is 37.7 Å². The summed E-state index contributed by atoms with van der Waals surface area (Å²) in [6.07, 6.45) is 2.74. The van der Waals surface area contributed by atoms with Crippen molar-refractivity contribution in [2.24, 2.45) is 4.99 Å². The van der Waals surface area contributed by atoms with E-state index in [2.05, 4.69) is 15.6 Å². The molecule has 1 aromatic rings. The van der Waals surface area contributed by atoms with E-state index in [1.54, 1.807) is 13.3 Å². The van der Waals surface area contributed by atoms with E-state index < -0.39 is 5.60 Å². The molecule has 0 amide bonds. The molecule has 0 fully saturated rings. The Balaban J connectivity index is 2.18. The molecule has 0 saturated heterocycles. The number of furan rings is 1. The molecule has 118 valence electrons. The molecule has 0 aromatic carbocycles. The van der Waals surface area contributed by atoms with E-state index >= 15 is 0 Å². The molecule has 0 aliphatic carbocycles. The first kappa shape index (κ1) is 17.1. The summed E-state index contributed by atoms with van der Waals surface area (Å²) < 4.78 is 10.5. The summed E-state index contributed by atoms with van der Waals surface area (Å²) in [6, 6.07) is 3.80. The van der Waals surface area contributed by atoms with Gasteiger partial charge in [-0.25, -0.2) is 0 Å². The Kier molecular flexibility index (Phi) is 6.78. The number of guanidine groups is 1. The predicted molar refractivity (Wildman–Crippen MR) is 82.2 cm³/mol. The van der Waals surface area contributed by atoms with E-state index in [0.29, 0.717) is 25.5 Å². The molecular weight excluding hydrogens is 270 g/mol. The molecular formula is C15H25N3O3. The number of nitrogens with zero attached hydrogens (tertiary/aromatic N) is 1. The van der Waals surface area contributed by atoms with Crippen molar-refractivity contribution in [3.63, 3.8) is 0 Å². The highest BCUT2D eigenvalue weighted by Crippen LogP contribution is 2.07. The first-order valence-corrected chi connectivity index (χ1v) is 7.09. The van der Waals surface area contributed by atoms with Crippen molar-refractivity contribution in [2.75, 3.05) is 20.1 Å². The van der Waals surface area contributed by atoms with Gasteiger partial charge in [0.2, 0.25) is 0 Å². The molecule has 0 saturated carbocycles. The molecule has 0 radical (unpaired) electrons. The van der Waals surface area contributed by atoms with E-state index in [1.165, 1.54) is 0 Å². The number of carbonyl (C=O) groups excluding carboxylic acids is 1. The van der Waals surface area contributed by atoms with Crippen LogP contribution in [0, 0.1) is 0 Å². The molecule has 0 unspecified atom stereocenters. The number of hydrogen-bond acceptors (Lipinski definition) is 4. The summed E-state index contributed by atoms with van der Waals surface area (Å²) in [6.45, 7) is 6.75. The third kappa shape index (κ3) is 8.02. The van der Waals surface area contributed by atoms with Crippen LogP contribution in [0.5, 0.6) is 0 Å². The Labute approximate surface area is 126 Å². The van der Waals surface area contributed by atoms with E-state index in [9.17, 15) is 4.79 Å². The molecule has 0 atom stereocenters. The Morgan fingerprint density at radius 3 is 2.62 bits per heavy atom. The molecule has 0 aliphatic heterocycles. The summed E-state index contributed by atoms with van der Waals surface area (Å²) in [4.78, 5) is 15.7. The fourth-order valence-electron chi connectivity index (χ4n) is 1.66. The van der Waals surface area contributed by atoms with Gasteiger partial charge in [-0.05, 0) is 32.9 Å².